The predicted octanol–water partition coefficient (Wildman–Crippen LogP) is 4.55. The third-order valence-electron chi connectivity index (χ3n) is 5.26. The number of ether oxygens (including phenoxy) is 2. The molecular formula is C23H22N6O3S2. The van der Waals surface area contributed by atoms with Gasteiger partial charge in [0.25, 0.3) is 0 Å². The number of anilines is 1. The lowest BCUT2D eigenvalue weighted by Crippen LogP contribution is -2.14. The molecule has 174 valence electrons. The van der Waals surface area contributed by atoms with Gasteiger partial charge >= 0.3 is 0 Å². The standard InChI is InChI=1S/C23H22N6O3S2/c1-31-18-8-5-14(10-19(18)32-2)17-12-33-22(25-17)26-20(30)13-34-23-28-27-21(29(23)16-6-7-16)15-4-3-9-24-11-15/h3-5,8-12,16H,6-7,13H2,1-2H3,(H,25,26,30). The first-order valence-corrected chi connectivity index (χ1v) is 12.5. The van der Waals surface area contributed by atoms with E-state index in [1.807, 2.05) is 35.7 Å². The summed E-state index contributed by atoms with van der Waals surface area (Å²) in [5.41, 5.74) is 2.55. The average molecular weight is 495 g/mol. The number of carbonyl (C=O) groups excluding carboxylic acids is 1. The van der Waals surface area contributed by atoms with E-state index in [1.165, 1.54) is 23.1 Å². The number of benzene rings is 1. The molecule has 1 aromatic carbocycles. The number of nitrogens with one attached hydrogen (secondary N) is 1. The molecule has 11 heteroatoms. The van der Waals surface area contributed by atoms with E-state index in [4.69, 9.17) is 9.47 Å². The zero-order valence-electron chi connectivity index (χ0n) is 18.6. The molecule has 0 atom stereocenters. The number of hydrogen-bond acceptors (Lipinski definition) is 9. The maximum atomic E-state index is 12.6. The van der Waals surface area contributed by atoms with Crippen LogP contribution < -0.4 is 14.8 Å². The summed E-state index contributed by atoms with van der Waals surface area (Å²) in [7, 11) is 3.19. The van der Waals surface area contributed by atoms with Crippen molar-refractivity contribution in [3.05, 3.63) is 48.1 Å². The largest absolute Gasteiger partial charge is 0.493 e. The molecule has 1 aliphatic carbocycles. The van der Waals surface area contributed by atoms with Gasteiger partial charge in [0.15, 0.2) is 27.6 Å². The number of amides is 1. The molecule has 34 heavy (non-hydrogen) atoms. The van der Waals surface area contributed by atoms with Crippen LogP contribution in [0.25, 0.3) is 22.6 Å². The molecule has 1 aliphatic rings. The van der Waals surface area contributed by atoms with Crippen molar-refractivity contribution < 1.29 is 14.3 Å². The summed E-state index contributed by atoms with van der Waals surface area (Å²) >= 11 is 2.75. The van der Waals surface area contributed by atoms with Gasteiger partial charge in [0.1, 0.15) is 0 Å². The van der Waals surface area contributed by atoms with Crippen molar-refractivity contribution in [3.8, 4) is 34.1 Å². The Balaban J connectivity index is 1.24. The molecule has 0 aliphatic heterocycles. The Bertz CT molecular complexity index is 1300. The van der Waals surface area contributed by atoms with Crippen LogP contribution >= 0.6 is 23.1 Å². The highest BCUT2D eigenvalue weighted by molar-refractivity contribution is 7.99. The van der Waals surface area contributed by atoms with Gasteiger partial charge < -0.3 is 14.8 Å². The third kappa shape index (κ3) is 4.75. The third-order valence-corrected chi connectivity index (χ3v) is 6.96. The van der Waals surface area contributed by atoms with Crippen molar-refractivity contribution in [2.75, 3.05) is 25.3 Å². The Hall–Kier alpha value is -3.44. The van der Waals surface area contributed by atoms with Crippen LogP contribution in [-0.2, 0) is 4.79 Å². The Kier molecular flexibility index (Phi) is 6.45. The zero-order valence-corrected chi connectivity index (χ0v) is 20.2. The topological polar surface area (TPSA) is 104 Å². The van der Waals surface area contributed by atoms with Gasteiger partial charge in [0.2, 0.25) is 5.91 Å². The highest BCUT2D eigenvalue weighted by Crippen LogP contribution is 2.41. The Labute approximate surface area is 204 Å². The van der Waals surface area contributed by atoms with Crippen molar-refractivity contribution in [2.45, 2.75) is 24.0 Å². The van der Waals surface area contributed by atoms with Crippen LogP contribution in [0.1, 0.15) is 18.9 Å². The minimum atomic E-state index is -0.147. The number of rotatable bonds is 9. The summed E-state index contributed by atoms with van der Waals surface area (Å²) in [5.74, 6) is 2.13. The Morgan fingerprint density at radius 1 is 1.18 bits per heavy atom. The number of thioether (sulfide) groups is 1. The summed E-state index contributed by atoms with van der Waals surface area (Å²) in [6.07, 6.45) is 5.69. The van der Waals surface area contributed by atoms with Crippen LogP contribution in [0.3, 0.4) is 0 Å². The van der Waals surface area contributed by atoms with E-state index in [1.54, 1.807) is 26.6 Å². The van der Waals surface area contributed by atoms with Gasteiger partial charge in [0.05, 0.1) is 25.7 Å². The van der Waals surface area contributed by atoms with Gasteiger partial charge in [-0.15, -0.1) is 21.5 Å². The van der Waals surface area contributed by atoms with E-state index < -0.39 is 0 Å². The lowest BCUT2D eigenvalue weighted by Gasteiger charge is -2.08. The fourth-order valence-corrected chi connectivity index (χ4v) is 5.02. The van der Waals surface area contributed by atoms with E-state index in [0.717, 1.165) is 40.6 Å². The molecule has 0 radical (unpaired) electrons. The minimum Gasteiger partial charge on any atom is -0.493 e. The Morgan fingerprint density at radius 3 is 2.76 bits per heavy atom. The quantitative estimate of drug-likeness (QED) is 0.338. The molecule has 1 fully saturated rings. The monoisotopic (exact) mass is 494 g/mol. The smallest absolute Gasteiger partial charge is 0.236 e. The highest BCUT2D eigenvalue weighted by atomic mass is 32.2. The molecule has 3 heterocycles. The second-order valence-corrected chi connectivity index (χ2v) is 9.39. The van der Waals surface area contributed by atoms with E-state index in [2.05, 4.69) is 30.0 Å². The molecule has 0 saturated heterocycles. The molecule has 9 nitrogen and oxygen atoms in total. The second-order valence-electron chi connectivity index (χ2n) is 7.59. The molecule has 3 aromatic heterocycles. The summed E-state index contributed by atoms with van der Waals surface area (Å²) in [6.45, 7) is 0. The molecular weight excluding hydrogens is 472 g/mol. The van der Waals surface area contributed by atoms with Gasteiger partial charge in [-0.05, 0) is 43.2 Å². The number of nitrogens with zero attached hydrogens (tertiary/aromatic N) is 5. The molecule has 4 aromatic rings. The molecule has 0 unspecified atom stereocenters. The number of pyridine rings is 1. The summed E-state index contributed by atoms with van der Waals surface area (Å²) in [4.78, 5) is 21.3. The van der Waals surface area contributed by atoms with Crippen LogP contribution in [0.2, 0.25) is 0 Å². The van der Waals surface area contributed by atoms with Gasteiger partial charge in [0, 0.05) is 34.9 Å². The van der Waals surface area contributed by atoms with Crippen molar-refractivity contribution in [1.82, 2.24) is 24.7 Å². The van der Waals surface area contributed by atoms with Gasteiger partial charge in [-0.1, -0.05) is 11.8 Å². The van der Waals surface area contributed by atoms with Crippen molar-refractivity contribution in [2.24, 2.45) is 0 Å². The van der Waals surface area contributed by atoms with Crippen molar-refractivity contribution in [3.63, 3.8) is 0 Å². The number of carbonyl (C=O) groups is 1. The van der Waals surface area contributed by atoms with E-state index in [9.17, 15) is 4.79 Å². The van der Waals surface area contributed by atoms with Gasteiger partial charge in [-0.3, -0.25) is 14.3 Å². The normalized spacial score (nSPS) is 13.0. The minimum absolute atomic E-state index is 0.147. The van der Waals surface area contributed by atoms with Crippen LogP contribution in [0.5, 0.6) is 11.5 Å². The average Bonchev–Trinajstić information content (AvgIpc) is 3.45. The second kappa shape index (κ2) is 9.82. The van der Waals surface area contributed by atoms with Crippen LogP contribution in [0, 0.1) is 0 Å². The maximum Gasteiger partial charge on any atom is 0.236 e. The number of aromatic nitrogens is 5. The molecule has 0 spiro atoms. The number of methoxy groups -OCH3 is 2. The lowest BCUT2D eigenvalue weighted by atomic mass is 10.1. The first-order valence-electron chi connectivity index (χ1n) is 10.6. The Morgan fingerprint density at radius 2 is 2.03 bits per heavy atom. The van der Waals surface area contributed by atoms with Gasteiger partial charge in [-0.25, -0.2) is 4.98 Å². The summed E-state index contributed by atoms with van der Waals surface area (Å²) < 4.78 is 12.8. The van der Waals surface area contributed by atoms with Crippen LogP contribution in [-0.4, -0.2) is 50.6 Å². The number of hydrogen-bond donors (Lipinski definition) is 1. The first-order chi connectivity index (χ1) is 16.7. The van der Waals surface area contributed by atoms with Crippen molar-refractivity contribution in [1.29, 1.82) is 0 Å². The summed E-state index contributed by atoms with van der Waals surface area (Å²) in [5, 5.41) is 14.8. The number of thiazole rings is 1. The van der Waals surface area contributed by atoms with Gasteiger partial charge in [-0.2, -0.15) is 0 Å². The fraction of sp³-hybridized carbons (Fsp3) is 0.261. The van der Waals surface area contributed by atoms with Crippen LogP contribution in [0.15, 0.2) is 53.3 Å². The summed E-state index contributed by atoms with van der Waals surface area (Å²) in [6, 6.07) is 9.82. The molecule has 1 amide bonds. The predicted molar refractivity (Wildman–Crippen MR) is 132 cm³/mol. The molecule has 1 saturated carbocycles. The van der Waals surface area contributed by atoms with Crippen molar-refractivity contribution >= 4 is 34.1 Å². The zero-order chi connectivity index (χ0) is 23.5. The molecule has 1 N–H and O–H groups in total. The maximum absolute atomic E-state index is 12.6. The van der Waals surface area contributed by atoms with E-state index >= 15 is 0 Å². The SMILES string of the molecule is COc1ccc(-c2csc(NC(=O)CSc3nnc(-c4cccnc4)n3C3CC3)n2)cc1OC. The van der Waals surface area contributed by atoms with E-state index in [-0.39, 0.29) is 11.7 Å². The van der Waals surface area contributed by atoms with E-state index in [0.29, 0.717) is 22.7 Å². The highest BCUT2D eigenvalue weighted by Gasteiger charge is 2.30. The lowest BCUT2D eigenvalue weighted by molar-refractivity contribution is -0.113. The molecule has 5 rings (SSSR count). The molecule has 0 bridgehead atoms. The van der Waals surface area contributed by atoms with Crippen LogP contribution in [0.4, 0.5) is 5.13 Å². The fourth-order valence-electron chi connectivity index (χ4n) is 3.47. The first kappa shape index (κ1) is 22.4.